The van der Waals surface area contributed by atoms with E-state index in [1.165, 1.54) is 10.7 Å². The van der Waals surface area contributed by atoms with Crippen molar-refractivity contribution < 1.29 is 13.2 Å². The van der Waals surface area contributed by atoms with Crippen molar-refractivity contribution in [2.75, 3.05) is 26.2 Å². The van der Waals surface area contributed by atoms with Crippen molar-refractivity contribution in [2.24, 2.45) is 11.8 Å². The van der Waals surface area contributed by atoms with Crippen molar-refractivity contribution in [3.05, 3.63) is 29.8 Å². The van der Waals surface area contributed by atoms with Crippen LogP contribution in [0.15, 0.2) is 29.2 Å². The Morgan fingerprint density at radius 3 is 2.40 bits per heavy atom. The number of hydrogen-bond donors (Lipinski definition) is 0. The third kappa shape index (κ3) is 4.06. The van der Waals surface area contributed by atoms with E-state index in [0.717, 1.165) is 37.9 Å². The van der Waals surface area contributed by atoms with Gasteiger partial charge in [0.25, 0.3) is 0 Å². The van der Waals surface area contributed by atoms with Crippen molar-refractivity contribution >= 4 is 15.9 Å². The Bertz CT molecular complexity index is 715. The van der Waals surface area contributed by atoms with E-state index in [4.69, 9.17) is 0 Å². The molecule has 3 rings (SSSR count). The maximum atomic E-state index is 12.9. The summed E-state index contributed by atoms with van der Waals surface area (Å²) >= 11 is 0. The number of aryl methyl sites for hydroxylation is 1. The van der Waals surface area contributed by atoms with Crippen molar-refractivity contribution in [3.8, 4) is 0 Å². The molecule has 1 aromatic rings. The summed E-state index contributed by atoms with van der Waals surface area (Å²) in [6, 6.07) is 6.94. The van der Waals surface area contributed by atoms with Gasteiger partial charge in [-0.3, -0.25) is 4.79 Å². The van der Waals surface area contributed by atoms with Crippen LogP contribution in [0.3, 0.4) is 0 Å². The first-order chi connectivity index (χ1) is 11.9. The second-order valence-corrected chi connectivity index (χ2v) is 9.48. The molecule has 1 aromatic carbocycles. The van der Waals surface area contributed by atoms with Gasteiger partial charge in [-0.05, 0) is 50.7 Å². The summed E-state index contributed by atoms with van der Waals surface area (Å²) in [4.78, 5) is 15.1. The molecule has 6 heteroatoms. The quantitative estimate of drug-likeness (QED) is 0.828. The van der Waals surface area contributed by atoms with Gasteiger partial charge in [0.1, 0.15) is 0 Å². The Morgan fingerprint density at radius 2 is 1.72 bits per heavy atom. The molecular formula is C19H28N2O3S. The van der Waals surface area contributed by atoms with Crippen LogP contribution in [0.25, 0.3) is 0 Å². The van der Waals surface area contributed by atoms with Crippen molar-refractivity contribution in [2.45, 2.75) is 44.4 Å². The van der Waals surface area contributed by atoms with Gasteiger partial charge in [0.15, 0.2) is 0 Å². The second-order valence-electron chi connectivity index (χ2n) is 7.55. The fourth-order valence-electron chi connectivity index (χ4n) is 3.87. The van der Waals surface area contributed by atoms with Crippen LogP contribution in [0.4, 0.5) is 0 Å². The molecule has 1 amide bonds. The van der Waals surface area contributed by atoms with Crippen LogP contribution in [0.1, 0.15) is 38.2 Å². The van der Waals surface area contributed by atoms with Gasteiger partial charge in [-0.15, -0.1) is 0 Å². The molecule has 5 nitrogen and oxygen atoms in total. The fraction of sp³-hybridized carbons (Fsp3) is 0.632. The van der Waals surface area contributed by atoms with Crippen LogP contribution in [0, 0.1) is 18.8 Å². The number of piperidine rings is 2. The Hall–Kier alpha value is -1.40. The Morgan fingerprint density at radius 1 is 1.04 bits per heavy atom. The molecule has 0 aliphatic carbocycles. The molecule has 2 atom stereocenters. The molecule has 0 spiro atoms. The zero-order chi connectivity index (χ0) is 18.0. The summed E-state index contributed by atoms with van der Waals surface area (Å²) < 4.78 is 27.3. The average molecular weight is 365 g/mol. The van der Waals surface area contributed by atoms with Crippen molar-refractivity contribution in [1.29, 1.82) is 0 Å². The van der Waals surface area contributed by atoms with E-state index < -0.39 is 10.0 Å². The summed E-state index contributed by atoms with van der Waals surface area (Å²) in [6.07, 6.45) is 3.74. The summed E-state index contributed by atoms with van der Waals surface area (Å²) in [5.41, 5.74) is 1.03. The highest BCUT2D eigenvalue weighted by molar-refractivity contribution is 7.89. The number of carbonyl (C=O) groups excluding carboxylic acids is 1. The smallest absolute Gasteiger partial charge is 0.243 e. The Balaban J connectivity index is 1.72. The van der Waals surface area contributed by atoms with E-state index in [1.54, 1.807) is 12.1 Å². The van der Waals surface area contributed by atoms with Gasteiger partial charge in [-0.25, -0.2) is 8.42 Å². The van der Waals surface area contributed by atoms with Gasteiger partial charge in [0, 0.05) is 26.2 Å². The highest BCUT2D eigenvalue weighted by Crippen LogP contribution is 2.26. The van der Waals surface area contributed by atoms with Gasteiger partial charge in [0.2, 0.25) is 15.9 Å². The molecule has 25 heavy (non-hydrogen) atoms. The van der Waals surface area contributed by atoms with Crippen LogP contribution in [-0.4, -0.2) is 49.7 Å². The Kier molecular flexibility index (Phi) is 5.49. The fourth-order valence-corrected chi connectivity index (χ4v) is 5.39. The van der Waals surface area contributed by atoms with Crippen LogP contribution < -0.4 is 0 Å². The molecule has 2 saturated heterocycles. The van der Waals surface area contributed by atoms with E-state index in [0.29, 0.717) is 23.9 Å². The minimum Gasteiger partial charge on any atom is -0.342 e. The van der Waals surface area contributed by atoms with E-state index in [1.807, 2.05) is 24.0 Å². The maximum Gasteiger partial charge on any atom is 0.243 e. The molecule has 2 aliphatic rings. The van der Waals surface area contributed by atoms with E-state index in [9.17, 15) is 13.2 Å². The first-order valence-corrected chi connectivity index (χ1v) is 10.7. The van der Waals surface area contributed by atoms with Gasteiger partial charge in [-0.2, -0.15) is 4.31 Å². The van der Waals surface area contributed by atoms with Crippen molar-refractivity contribution in [3.63, 3.8) is 0 Å². The maximum absolute atomic E-state index is 12.9. The van der Waals surface area contributed by atoms with Crippen LogP contribution in [0.2, 0.25) is 0 Å². The molecule has 2 fully saturated rings. The minimum atomic E-state index is -3.52. The summed E-state index contributed by atoms with van der Waals surface area (Å²) in [6.45, 7) is 6.53. The lowest BCUT2D eigenvalue weighted by atomic mass is 9.94. The third-order valence-corrected chi connectivity index (χ3v) is 7.24. The number of likely N-dealkylation sites (tertiary alicyclic amines) is 1. The summed E-state index contributed by atoms with van der Waals surface area (Å²) in [7, 11) is -3.52. The summed E-state index contributed by atoms with van der Waals surface area (Å²) in [5, 5.41) is 0. The van der Waals surface area contributed by atoms with E-state index in [2.05, 4.69) is 6.92 Å². The van der Waals surface area contributed by atoms with Crippen molar-refractivity contribution in [1.82, 2.24) is 9.21 Å². The van der Waals surface area contributed by atoms with E-state index in [-0.39, 0.29) is 11.8 Å². The first-order valence-electron chi connectivity index (χ1n) is 9.23. The zero-order valence-electron chi connectivity index (χ0n) is 15.1. The highest BCUT2D eigenvalue weighted by Gasteiger charge is 2.35. The number of amides is 1. The van der Waals surface area contributed by atoms with Gasteiger partial charge >= 0.3 is 0 Å². The highest BCUT2D eigenvalue weighted by atomic mass is 32.2. The van der Waals surface area contributed by atoms with Gasteiger partial charge in [0.05, 0.1) is 10.8 Å². The topological polar surface area (TPSA) is 57.7 Å². The van der Waals surface area contributed by atoms with Gasteiger partial charge < -0.3 is 4.90 Å². The number of rotatable bonds is 3. The molecule has 2 aliphatic heterocycles. The predicted molar refractivity (Wildman–Crippen MR) is 97.6 cm³/mol. The molecular weight excluding hydrogens is 336 g/mol. The molecule has 138 valence electrons. The monoisotopic (exact) mass is 364 g/mol. The van der Waals surface area contributed by atoms with E-state index >= 15 is 0 Å². The first kappa shape index (κ1) is 18.4. The molecule has 0 saturated carbocycles. The molecule has 0 N–H and O–H groups in total. The number of benzene rings is 1. The second kappa shape index (κ2) is 7.46. The molecule has 0 radical (unpaired) electrons. The zero-order valence-corrected chi connectivity index (χ0v) is 16.0. The number of nitrogens with zero attached hydrogens (tertiary/aromatic N) is 2. The average Bonchev–Trinajstić information content (AvgIpc) is 2.61. The summed E-state index contributed by atoms with van der Waals surface area (Å²) in [5.74, 6) is 0.461. The number of carbonyl (C=O) groups is 1. The minimum absolute atomic E-state index is 0.135. The normalized spacial score (nSPS) is 25.8. The number of sulfonamides is 1. The number of hydrogen-bond acceptors (Lipinski definition) is 3. The molecule has 0 aromatic heterocycles. The third-order valence-electron chi connectivity index (χ3n) is 5.36. The molecule has 2 heterocycles. The SMILES string of the molecule is Cc1ccc(S(=O)(=O)N2CCCC(C(=O)N3CCCC(C)C3)C2)cc1. The Labute approximate surface area is 151 Å². The van der Waals surface area contributed by atoms with Crippen LogP contribution in [-0.2, 0) is 14.8 Å². The predicted octanol–water partition coefficient (Wildman–Crippen LogP) is 2.65. The lowest BCUT2D eigenvalue weighted by Gasteiger charge is -2.37. The molecule has 2 unspecified atom stereocenters. The largest absolute Gasteiger partial charge is 0.342 e. The standard InChI is InChI=1S/C19H28N2O3S/c1-15-7-9-18(10-8-15)25(23,24)21-12-4-6-17(14-21)19(22)20-11-3-5-16(2)13-20/h7-10,16-17H,3-6,11-14H2,1-2H3. The van der Waals surface area contributed by atoms with Gasteiger partial charge in [-0.1, -0.05) is 24.6 Å². The lowest BCUT2D eigenvalue weighted by Crippen LogP contribution is -2.48. The van der Waals surface area contributed by atoms with Crippen LogP contribution >= 0.6 is 0 Å². The van der Waals surface area contributed by atoms with Crippen LogP contribution in [0.5, 0.6) is 0 Å². The lowest BCUT2D eigenvalue weighted by molar-refractivity contribution is -0.138. The molecule has 0 bridgehead atoms.